The summed E-state index contributed by atoms with van der Waals surface area (Å²) in [5.41, 5.74) is 2.17. The van der Waals surface area contributed by atoms with E-state index in [0.717, 1.165) is 48.3 Å². The average Bonchev–Trinajstić information content (AvgIpc) is 2.66. The maximum absolute atomic E-state index is 9.72. The van der Waals surface area contributed by atoms with Gasteiger partial charge in [-0.25, -0.2) is 0 Å². The fraction of sp³-hybridized carbons (Fsp3) is 0.455. The highest BCUT2D eigenvalue weighted by atomic mass is 16.5. The summed E-state index contributed by atoms with van der Waals surface area (Å²) in [7, 11) is 0. The number of aliphatic hydroxyl groups excluding tert-OH is 2. The van der Waals surface area contributed by atoms with Crippen molar-refractivity contribution in [3.05, 3.63) is 48.5 Å². The maximum Gasteiger partial charge on any atom is 0.119 e. The van der Waals surface area contributed by atoms with Crippen molar-refractivity contribution in [1.29, 1.82) is 0 Å². The van der Waals surface area contributed by atoms with Gasteiger partial charge >= 0.3 is 0 Å². The molecule has 2 rings (SSSR count). The fourth-order valence-corrected chi connectivity index (χ4v) is 2.71. The summed E-state index contributed by atoms with van der Waals surface area (Å²) >= 11 is 0. The molecular formula is C22H30O4. The van der Waals surface area contributed by atoms with Crippen LogP contribution in [0, 0.1) is 0 Å². The van der Waals surface area contributed by atoms with E-state index >= 15 is 0 Å². The molecule has 0 saturated carbocycles. The lowest BCUT2D eigenvalue weighted by molar-refractivity contribution is 0.0992. The van der Waals surface area contributed by atoms with Gasteiger partial charge in [-0.15, -0.1) is 0 Å². The summed E-state index contributed by atoms with van der Waals surface area (Å²) in [4.78, 5) is 0. The summed E-state index contributed by atoms with van der Waals surface area (Å²) in [6.45, 7) is 4.73. The number of ether oxygens (including phenoxy) is 2. The molecule has 2 unspecified atom stereocenters. The second-order valence-electron chi connectivity index (χ2n) is 6.56. The fourth-order valence-electron chi connectivity index (χ4n) is 2.71. The van der Waals surface area contributed by atoms with Crippen LogP contribution in [-0.2, 0) is 0 Å². The normalized spacial score (nSPS) is 13.2. The van der Waals surface area contributed by atoms with Crippen molar-refractivity contribution in [2.24, 2.45) is 0 Å². The van der Waals surface area contributed by atoms with E-state index in [-0.39, 0.29) is 0 Å². The van der Waals surface area contributed by atoms with E-state index in [0.29, 0.717) is 13.2 Å². The quantitative estimate of drug-likeness (QED) is 0.624. The molecule has 2 aromatic carbocycles. The van der Waals surface area contributed by atoms with E-state index in [4.69, 9.17) is 9.47 Å². The zero-order chi connectivity index (χ0) is 18.8. The van der Waals surface area contributed by atoms with Gasteiger partial charge in [0.25, 0.3) is 0 Å². The van der Waals surface area contributed by atoms with Gasteiger partial charge in [0, 0.05) is 0 Å². The van der Waals surface area contributed by atoms with Crippen molar-refractivity contribution in [3.8, 4) is 22.6 Å². The Balaban J connectivity index is 1.88. The molecule has 0 fully saturated rings. The molecule has 0 aliphatic rings. The van der Waals surface area contributed by atoms with Gasteiger partial charge in [0.2, 0.25) is 0 Å². The summed E-state index contributed by atoms with van der Waals surface area (Å²) in [6.07, 6.45) is 2.57. The van der Waals surface area contributed by atoms with Crippen LogP contribution in [0.1, 0.15) is 39.5 Å². The third-order valence-corrected chi connectivity index (χ3v) is 4.17. The van der Waals surface area contributed by atoms with Crippen LogP contribution in [0.2, 0.25) is 0 Å². The Hall–Kier alpha value is -2.04. The Morgan fingerprint density at radius 2 is 1.00 bits per heavy atom. The molecule has 2 aromatic rings. The van der Waals surface area contributed by atoms with Gasteiger partial charge in [0.05, 0.1) is 12.2 Å². The van der Waals surface area contributed by atoms with Gasteiger partial charge in [-0.1, -0.05) is 51.0 Å². The highest BCUT2D eigenvalue weighted by molar-refractivity contribution is 5.64. The lowest BCUT2D eigenvalue weighted by Gasteiger charge is -2.12. The highest BCUT2D eigenvalue weighted by Gasteiger charge is 2.06. The Labute approximate surface area is 156 Å². The van der Waals surface area contributed by atoms with Crippen molar-refractivity contribution in [1.82, 2.24) is 0 Å². The van der Waals surface area contributed by atoms with Crippen molar-refractivity contribution < 1.29 is 19.7 Å². The Morgan fingerprint density at radius 3 is 1.31 bits per heavy atom. The van der Waals surface area contributed by atoms with Crippen LogP contribution in [0.4, 0.5) is 0 Å². The third kappa shape index (κ3) is 6.70. The van der Waals surface area contributed by atoms with Gasteiger partial charge in [-0.05, 0) is 48.2 Å². The molecule has 142 valence electrons. The average molecular weight is 358 g/mol. The second-order valence-corrected chi connectivity index (χ2v) is 6.56. The predicted molar refractivity (Wildman–Crippen MR) is 105 cm³/mol. The minimum Gasteiger partial charge on any atom is -0.491 e. The molecule has 2 atom stereocenters. The molecule has 0 bridgehead atoms. The van der Waals surface area contributed by atoms with Crippen molar-refractivity contribution >= 4 is 0 Å². The summed E-state index contributed by atoms with van der Waals surface area (Å²) in [5.74, 6) is 1.52. The zero-order valence-electron chi connectivity index (χ0n) is 15.7. The van der Waals surface area contributed by atoms with Crippen LogP contribution in [0.3, 0.4) is 0 Å². The minimum absolute atomic E-state index is 0.323. The molecule has 0 heterocycles. The van der Waals surface area contributed by atoms with Gasteiger partial charge in [-0.2, -0.15) is 0 Å². The summed E-state index contributed by atoms with van der Waals surface area (Å²) in [5, 5.41) is 19.4. The number of rotatable bonds is 11. The van der Waals surface area contributed by atoms with Crippen molar-refractivity contribution in [3.63, 3.8) is 0 Å². The van der Waals surface area contributed by atoms with Gasteiger partial charge in [-0.3, -0.25) is 0 Å². The van der Waals surface area contributed by atoms with E-state index in [1.165, 1.54) is 0 Å². The minimum atomic E-state index is -0.414. The maximum atomic E-state index is 9.72. The zero-order valence-corrected chi connectivity index (χ0v) is 15.7. The van der Waals surface area contributed by atoms with E-state index < -0.39 is 12.2 Å². The number of aliphatic hydroxyl groups is 2. The van der Waals surface area contributed by atoms with Gasteiger partial charge in [0.1, 0.15) is 24.7 Å². The third-order valence-electron chi connectivity index (χ3n) is 4.17. The lowest BCUT2D eigenvalue weighted by atomic mass is 10.1. The van der Waals surface area contributed by atoms with Crippen LogP contribution in [0.25, 0.3) is 11.1 Å². The van der Waals surface area contributed by atoms with Crippen LogP contribution in [0.15, 0.2) is 48.5 Å². The Morgan fingerprint density at radius 1 is 0.654 bits per heavy atom. The molecule has 0 radical (unpaired) electrons. The SMILES string of the molecule is CCCC(O)COc1ccc(-c2ccc(OCC(O)CCC)cc2)cc1. The molecule has 26 heavy (non-hydrogen) atoms. The molecule has 4 nitrogen and oxygen atoms in total. The monoisotopic (exact) mass is 358 g/mol. The first-order valence-electron chi connectivity index (χ1n) is 9.44. The largest absolute Gasteiger partial charge is 0.491 e. The molecular weight excluding hydrogens is 328 g/mol. The second kappa shape index (κ2) is 10.8. The number of benzene rings is 2. The first-order valence-corrected chi connectivity index (χ1v) is 9.44. The Kier molecular flexibility index (Phi) is 8.45. The summed E-state index contributed by atoms with van der Waals surface area (Å²) in [6, 6.07) is 15.7. The molecule has 0 spiro atoms. The highest BCUT2D eigenvalue weighted by Crippen LogP contribution is 2.25. The first-order chi connectivity index (χ1) is 12.6. The van der Waals surface area contributed by atoms with E-state index in [1.807, 2.05) is 62.4 Å². The van der Waals surface area contributed by atoms with Crippen LogP contribution in [0.5, 0.6) is 11.5 Å². The molecule has 0 aromatic heterocycles. The van der Waals surface area contributed by atoms with E-state index in [1.54, 1.807) is 0 Å². The molecule has 0 amide bonds. The number of hydrogen-bond acceptors (Lipinski definition) is 4. The Bertz CT molecular complexity index is 564. The number of hydrogen-bond donors (Lipinski definition) is 2. The molecule has 0 saturated heterocycles. The molecule has 0 aliphatic carbocycles. The van der Waals surface area contributed by atoms with Crippen molar-refractivity contribution in [2.75, 3.05) is 13.2 Å². The first kappa shape index (κ1) is 20.3. The smallest absolute Gasteiger partial charge is 0.119 e. The standard InChI is InChI=1S/C22H30O4/c1-3-5-19(23)15-25-21-11-7-17(8-12-21)18-9-13-22(14-10-18)26-16-20(24)6-4-2/h7-14,19-20,23-24H,3-6,15-16H2,1-2H3. The van der Waals surface area contributed by atoms with Gasteiger partial charge < -0.3 is 19.7 Å². The van der Waals surface area contributed by atoms with E-state index in [9.17, 15) is 10.2 Å². The van der Waals surface area contributed by atoms with E-state index in [2.05, 4.69) is 0 Å². The lowest BCUT2D eigenvalue weighted by Crippen LogP contribution is -2.16. The van der Waals surface area contributed by atoms with Crippen LogP contribution in [-0.4, -0.2) is 35.6 Å². The van der Waals surface area contributed by atoms with Crippen LogP contribution >= 0.6 is 0 Å². The van der Waals surface area contributed by atoms with Crippen molar-refractivity contribution in [2.45, 2.75) is 51.7 Å². The molecule has 2 N–H and O–H groups in total. The topological polar surface area (TPSA) is 58.9 Å². The molecule has 4 heteroatoms. The molecule has 0 aliphatic heterocycles. The summed E-state index contributed by atoms with van der Waals surface area (Å²) < 4.78 is 11.2. The van der Waals surface area contributed by atoms with Crippen LogP contribution < -0.4 is 9.47 Å². The van der Waals surface area contributed by atoms with Gasteiger partial charge in [0.15, 0.2) is 0 Å². The predicted octanol–water partition coefficient (Wildman–Crippen LogP) is 4.43.